The van der Waals surface area contributed by atoms with Gasteiger partial charge in [0, 0.05) is 6.92 Å². The number of aromatic nitrogens is 4. The van der Waals surface area contributed by atoms with Gasteiger partial charge in [-0.15, -0.1) is 22.1 Å². The number of nitrogens with zero attached hydrogens (tertiary/aromatic N) is 4. The third-order valence-corrected chi connectivity index (χ3v) is 4.77. The minimum atomic E-state index is -0.833. The van der Waals surface area contributed by atoms with Crippen molar-refractivity contribution in [3.05, 3.63) is 70.3 Å². The van der Waals surface area contributed by atoms with Gasteiger partial charge >= 0.3 is 17.1 Å². The van der Waals surface area contributed by atoms with E-state index in [4.69, 9.17) is 29.8 Å². The average Bonchev–Trinajstić information content (AvgIpc) is 3.48. The van der Waals surface area contributed by atoms with Gasteiger partial charge in [-0.2, -0.15) is 0 Å². The average molecular weight is 451 g/mol. The molecule has 0 spiro atoms. The van der Waals surface area contributed by atoms with Gasteiger partial charge in [0.05, 0.1) is 22.8 Å². The van der Waals surface area contributed by atoms with Gasteiger partial charge in [-0.25, -0.2) is 9.97 Å². The first-order chi connectivity index (χ1) is 14.4. The second kappa shape index (κ2) is 9.16. The van der Waals surface area contributed by atoms with Gasteiger partial charge in [0.25, 0.3) is 5.97 Å². The molecule has 0 atom stereocenters. The third kappa shape index (κ3) is 5.02. The second-order valence-corrected chi connectivity index (χ2v) is 7.08. The Balaban J connectivity index is 0.000000504. The van der Waals surface area contributed by atoms with Crippen LogP contribution in [0, 0.1) is 13.8 Å². The van der Waals surface area contributed by atoms with E-state index in [2.05, 4.69) is 13.8 Å². The Kier molecular flexibility index (Phi) is 6.59. The van der Waals surface area contributed by atoms with Crippen LogP contribution in [0.3, 0.4) is 0 Å². The molecule has 0 amide bonds. The number of hydrogen-bond acceptors (Lipinski definition) is 3. The first-order valence-electron chi connectivity index (χ1n) is 9.51. The third-order valence-electron chi connectivity index (χ3n) is 4.77. The summed E-state index contributed by atoms with van der Waals surface area (Å²) in [5, 5.41) is 7.42. The Morgan fingerprint density at radius 1 is 0.774 bits per heavy atom. The smallest absolute Gasteiger partial charge is 0.658 e. The molecular weight excluding hydrogens is 431 g/mol. The molecular formula is C24H20MnN4O2. The Hall–Kier alpha value is -3.41. The second-order valence-electron chi connectivity index (χ2n) is 7.08. The van der Waals surface area contributed by atoms with Gasteiger partial charge < -0.3 is 15.1 Å². The summed E-state index contributed by atoms with van der Waals surface area (Å²) in [6.07, 6.45) is 8.09. The van der Waals surface area contributed by atoms with Crippen LogP contribution in [-0.4, -0.2) is 21.0 Å². The first kappa shape index (κ1) is 22.3. The van der Waals surface area contributed by atoms with Crippen LogP contribution in [0.15, 0.2) is 36.4 Å². The zero-order valence-corrected chi connectivity index (χ0v) is 18.5. The molecule has 0 aromatic carbocycles. The van der Waals surface area contributed by atoms with Crippen LogP contribution < -0.4 is 9.97 Å². The number of aryl methyl sites for hydroxylation is 2. The molecule has 2 aliphatic heterocycles. The van der Waals surface area contributed by atoms with E-state index in [1.807, 2.05) is 60.7 Å². The molecule has 0 fully saturated rings. The van der Waals surface area contributed by atoms with Gasteiger partial charge in [-0.05, 0) is 49.3 Å². The molecule has 31 heavy (non-hydrogen) atoms. The normalized spacial score (nSPS) is 11.5. The fourth-order valence-electron chi connectivity index (χ4n) is 3.23. The Morgan fingerprint density at radius 2 is 1.16 bits per heavy atom. The molecule has 6 nitrogen and oxygen atoms in total. The Bertz CT molecular complexity index is 1260. The van der Waals surface area contributed by atoms with Crippen LogP contribution in [-0.2, 0) is 21.9 Å². The minimum Gasteiger partial charge on any atom is -0.658 e. The number of carboxylic acids is 1. The van der Waals surface area contributed by atoms with Gasteiger partial charge in [0.15, 0.2) is 0 Å². The van der Waals surface area contributed by atoms with Crippen LogP contribution in [0.4, 0.5) is 0 Å². The van der Waals surface area contributed by atoms with Crippen molar-refractivity contribution in [1.29, 1.82) is 0 Å². The molecule has 0 aliphatic carbocycles. The summed E-state index contributed by atoms with van der Waals surface area (Å²) in [5.41, 5.74) is 9.50. The van der Waals surface area contributed by atoms with E-state index >= 15 is 0 Å². The van der Waals surface area contributed by atoms with Crippen molar-refractivity contribution in [3.8, 4) is 0 Å². The maximum atomic E-state index is 9.00. The molecule has 0 unspecified atom stereocenters. The summed E-state index contributed by atoms with van der Waals surface area (Å²) >= 11 is 0. The van der Waals surface area contributed by atoms with E-state index in [1.54, 1.807) is 0 Å². The number of fused-ring (bicyclic) bond motifs is 8. The predicted octanol–water partition coefficient (Wildman–Crippen LogP) is 4.62. The van der Waals surface area contributed by atoms with Crippen LogP contribution in [0.1, 0.15) is 40.8 Å². The van der Waals surface area contributed by atoms with E-state index in [-0.39, 0.29) is 17.1 Å². The van der Waals surface area contributed by atoms with Crippen LogP contribution >= 0.6 is 0 Å². The Morgan fingerprint density at radius 3 is 1.55 bits per heavy atom. The fourth-order valence-corrected chi connectivity index (χ4v) is 3.23. The van der Waals surface area contributed by atoms with E-state index < -0.39 is 5.97 Å². The van der Waals surface area contributed by atoms with Crippen molar-refractivity contribution in [1.82, 2.24) is 19.9 Å². The van der Waals surface area contributed by atoms with Gasteiger partial charge in [0.2, 0.25) is 0 Å². The molecule has 0 saturated heterocycles. The zero-order valence-electron chi connectivity index (χ0n) is 17.3. The SMILES string of the molecule is CC(=O)O.Cc1c2nc(cc3ccc([n-]3)c(C)c3nc(cc4ccc1[n-]4)C=C3)C=C2.[Mn+2]. The van der Waals surface area contributed by atoms with E-state index in [0.29, 0.717) is 0 Å². The predicted molar refractivity (Wildman–Crippen MR) is 120 cm³/mol. The zero-order chi connectivity index (χ0) is 21.3. The van der Waals surface area contributed by atoms with E-state index in [0.717, 1.165) is 62.9 Å². The minimum absolute atomic E-state index is 0. The molecule has 8 bridgehead atoms. The quantitative estimate of drug-likeness (QED) is 0.346. The van der Waals surface area contributed by atoms with E-state index in [1.165, 1.54) is 0 Å². The van der Waals surface area contributed by atoms with Gasteiger partial charge in [0.1, 0.15) is 0 Å². The summed E-state index contributed by atoms with van der Waals surface area (Å²) in [6.45, 7) is 5.19. The molecule has 3 aromatic rings. The van der Waals surface area contributed by atoms with Crippen LogP contribution in [0.5, 0.6) is 0 Å². The molecule has 5 rings (SSSR count). The van der Waals surface area contributed by atoms with Gasteiger partial charge in [-0.1, -0.05) is 36.4 Å². The molecule has 3 aromatic heterocycles. The van der Waals surface area contributed by atoms with Crippen molar-refractivity contribution >= 4 is 52.3 Å². The molecule has 155 valence electrons. The Labute approximate surface area is 190 Å². The van der Waals surface area contributed by atoms with Crippen molar-refractivity contribution in [2.45, 2.75) is 20.8 Å². The maximum Gasteiger partial charge on any atom is 2.00 e. The van der Waals surface area contributed by atoms with Crippen LogP contribution in [0.25, 0.3) is 46.4 Å². The summed E-state index contributed by atoms with van der Waals surface area (Å²) in [5.74, 6) is -0.833. The number of rotatable bonds is 0. The molecule has 7 heteroatoms. The summed E-state index contributed by atoms with van der Waals surface area (Å²) in [7, 11) is 0. The van der Waals surface area contributed by atoms with Crippen molar-refractivity contribution in [2.75, 3.05) is 0 Å². The van der Waals surface area contributed by atoms with E-state index in [9.17, 15) is 0 Å². The number of hydrogen-bond donors (Lipinski definition) is 1. The van der Waals surface area contributed by atoms with Crippen molar-refractivity contribution < 1.29 is 27.0 Å². The molecule has 1 radical (unpaired) electrons. The van der Waals surface area contributed by atoms with Gasteiger partial charge in [-0.3, -0.25) is 4.79 Å². The summed E-state index contributed by atoms with van der Waals surface area (Å²) < 4.78 is 0. The van der Waals surface area contributed by atoms with Crippen molar-refractivity contribution in [2.24, 2.45) is 0 Å². The molecule has 2 aliphatic rings. The van der Waals surface area contributed by atoms with Crippen molar-refractivity contribution in [3.63, 3.8) is 0 Å². The monoisotopic (exact) mass is 451 g/mol. The number of aliphatic carboxylic acids is 1. The molecule has 5 heterocycles. The topological polar surface area (TPSA) is 91.3 Å². The fraction of sp³-hybridized carbons (Fsp3) is 0.125. The molecule has 1 N–H and O–H groups in total. The number of carbonyl (C=O) groups is 1. The molecule has 0 saturated carbocycles. The maximum absolute atomic E-state index is 9.00. The largest absolute Gasteiger partial charge is 2.00 e. The summed E-state index contributed by atoms with van der Waals surface area (Å²) in [6, 6.07) is 12.1. The number of carboxylic acid groups (broad SMARTS) is 1. The van der Waals surface area contributed by atoms with Crippen LogP contribution in [0.2, 0.25) is 0 Å². The first-order valence-corrected chi connectivity index (χ1v) is 9.51. The summed E-state index contributed by atoms with van der Waals surface area (Å²) in [4.78, 5) is 27.9. The standard InChI is InChI=1S/C22H16N4.C2H4O2.Mn/c1-13-19-7-3-15(23-19)11-17-5-9-21(25-17)14(2)22-10-6-18(26-22)12-16-4-8-20(13)24-16;1-2(3)4;/h3-12H,1-2H3;1H3,(H,3,4);/q-2;;+2.